The number of amides is 1. The SMILES string of the molecule is COc1cc(CCC(C)C(N)=O)ccc1OCc1ccccc1. The molecule has 0 aromatic heterocycles. The van der Waals surface area contributed by atoms with Gasteiger partial charge in [-0.1, -0.05) is 43.3 Å². The number of methoxy groups -OCH3 is 1. The van der Waals surface area contributed by atoms with Crippen LogP contribution >= 0.6 is 0 Å². The molecule has 2 aromatic rings. The van der Waals surface area contributed by atoms with Gasteiger partial charge in [0.05, 0.1) is 7.11 Å². The molecule has 0 spiro atoms. The van der Waals surface area contributed by atoms with Gasteiger partial charge in [0.2, 0.25) is 5.91 Å². The zero-order chi connectivity index (χ0) is 16.7. The number of carbonyl (C=O) groups excluding carboxylic acids is 1. The van der Waals surface area contributed by atoms with E-state index in [0.29, 0.717) is 18.1 Å². The highest BCUT2D eigenvalue weighted by Gasteiger charge is 2.11. The van der Waals surface area contributed by atoms with Crippen LogP contribution in [0, 0.1) is 5.92 Å². The topological polar surface area (TPSA) is 61.5 Å². The minimum Gasteiger partial charge on any atom is -0.493 e. The van der Waals surface area contributed by atoms with Crippen LogP contribution in [-0.4, -0.2) is 13.0 Å². The van der Waals surface area contributed by atoms with E-state index in [1.165, 1.54) is 0 Å². The number of hydrogen-bond acceptors (Lipinski definition) is 3. The van der Waals surface area contributed by atoms with Gasteiger partial charge in [-0.15, -0.1) is 0 Å². The third kappa shape index (κ3) is 5.02. The Morgan fingerprint density at radius 1 is 1.09 bits per heavy atom. The summed E-state index contributed by atoms with van der Waals surface area (Å²) >= 11 is 0. The zero-order valence-corrected chi connectivity index (χ0v) is 13.6. The molecule has 0 aliphatic heterocycles. The Kier molecular flexibility index (Phi) is 6.03. The maximum atomic E-state index is 11.1. The Morgan fingerprint density at radius 3 is 2.48 bits per heavy atom. The van der Waals surface area contributed by atoms with Crippen molar-refractivity contribution in [2.45, 2.75) is 26.4 Å². The summed E-state index contributed by atoms with van der Waals surface area (Å²) in [6, 6.07) is 15.8. The van der Waals surface area contributed by atoms with E-state index in [2.05, 4.69) is 0 Å². The van der Waals surface area contributed by atoms with Crippen molar-refractivity contribution in [1.29, 1.82) is 0 Å². The average Bonchev–Trinajstić information content (AvgIpc) is 2.58. The fraction of sp³-hybridized carbons (Fsp3) is 0.316. The van der Waals surface area contributed by atoms with Crippen molar-refractivity contribution in [3.63, 3.8) is 0 Å². The lowest BCUT2D eigenvalue weighted by Gasteiger charge is -2.13. The number of hydrogen-bond donors (Lipinski definition) is 1. The quantitative estimate of drug-likeness (QED) is 0.813. The molecule has 2 rings (SSSR count). The Labute approximate surface area is 137 Å². The predicted molar refractivity (Wildman–Crippen MR) is 90.4 cm³/mol. The van der Waals surface area contributed by atoms with E-state index in [1.54, 1.807) is 7.11 Å². The van der Waals surface area contributed by atoms with E-state index in [9.17, 15) is 4.79 Å². The van der Waals surface area contributed by atoms with Crippen LogP contribution < -0.4 is 15.2 Å². The lowest BCUT2D eigenvalue weighted by Crippen LogP contribution is -2.20. The molecule has 0 saturated carbocycles. The van der Waals surface area contributed by atoms with Crippen molar-refractivity contribution < 1.29 is 14.3 Å². The molecule has 4 heteroatoms. The molecule has 1 unspecified atom stereocenters. The number of ether oxygens (including phenoxy) is 2. The largest absolute Gasteiger partial charge is 0.493 e. The second kappa shape index (κ2) is 8.22. The Balaban J connectivity index is 2.00. The molecule has 0 saturated heterocycles. The van der Waals surface area contributed by atoms with Gasteiger partial charge in [-0.25, -0.2) is 0 Å². The lowest BCUT2D eigenvalue weighted by molar-refractivity contribution is -0.121. The second-order valence-electron chi connectivity index (χ2n) is 5.60. The summed E-state index contributed by atoms with van der Waals surface area (Å²) < 4.78 is 11.2. The predicted octanol–water partition coefficient (Wildman–Crippen LogP) is 3.33. The van der Waals surface area contributed by atoms with Gasteiger partial charge in [0.25, 0.3) is 0 Å². The summed E-state index contributed by atoms with van der Waals surface area (Å²) in [5.41, 5.74) is 7.50. The molecule has 1 amide bonds. The van der Waals surface area contributed by atoms with Crippen LogP contribution in [0.15, 0.2) is 48.5 Å². The standard InChI is InChI=1S/C19H23NO3/c1-14(19(20)21)8-9-15-10-11-17(18(12-15)22-2)23-13-16-6-4-3-5-7-16/h3-7,10-12,14H,8-9,13H2,1-2H3,(H2,20,21). The van der Waals surface area contributed by atoms with Gasteiger partial charge in [-0.2, -0.15) is 0 Å². The summed E-state index contributed by atoms with van der Waals surface area (Å²) in [5, 5.41) is 0. The summed E-state index contributed by atoms with van der Waals surface area (Å²) in [6.07, 6.45) is 1.50. The fourth-order valence-corrected chi connectivity index (χ4v) is 2.25. The van der Waals surface area contributed by atoms with Crippen molar-refractivity contribution in [3.8, 4) is 11.5 Å². The Hall–Kier alpha value is -2.49. The van der Waals surface area contributed by atoms with E-state index in [1.807, 2.05) is 55.5 Å². The molecule has 1 atom stereocenters. The van der Waals surface area contributed by atoms with Crippen molar-refractivity contribution in [2.75, 3.05) is 7.11 Å². The highest BCUT2D eigenvalue weighted by Crippen LogP contribution is 2.29. The molecular formula is C19H23NO3. The number of benzene rings is 2. The van der Waals surface area contributed by atoms with Gasteiger partial charge in [0.1, 0.15) is 6.61 Å². The third-order valence-corrected chi connectivity index (χ3v) is 3.82. The molecule has 0 heterocycles. The monoisotopic (exact) mass is 313 g/mol. The van der Waals surface area contributed by atoms with E-state index >= 15 is 0 Å². The van der Waals surface area contributed by atoms with Gasteiger partial charge in [0.15, 0.2) is 11.5 Å². The van der Waals surface area contributed by atoms with Crippen LogP contribution in [0.4, 0.5) is 0 Å². The average molecular weight is 313 g/mol. The summed E-state index contributed by atoms with van der Waals surface area (Å²) in [6.45, 7) is 2.34. The molecule has 23 heavy (non-hydrogen) atoms. The normalized spacial score (nSPS) is 11.7. The first-order chi connectivity index (χ1) is 11.1. The number of nitrogens with two attached hydrogens (primary N) is 1. The van der Waals surface area contributed by atoms with E-state index in [0.717, 1.165) is 24.0 Å². The van der Waals surface area contributed by atoms with Crippen molar-refractivity contribution in [1.82, 2.24) is 0 Å². The minimum absolute atomic E-state index is 0.130. The van der Waals surface area contributed by atoms with Gasteiger partial charge in [-0.05, 0) is 36.1 Å². The first-order valence-electron chi connectivity index (χ1n) is 7.73. The van der Waals surface area contributed by atoms with Crippen LogP contribution in [0.25, 0.3) is 0 Å². The Bertz CT molecular complexity index is 640. The van der Waals surface area contributed by atoms with Gasteiger partial charge < -0.3 is 15.2 Å². The first kappa shape index (κ1) is 16.9. The number of carbonyl (C=O) groups is 1. The number of rotatable bonds is 8. The van der Waals surface area contributed by atoms with Crippen LogP contribution in [0.5, 0.6) is 11.5 Å². The second-order valence-corrected chi connectivity index (χ2v) is 5.60. The Morgan fingerprint density at radius 2 is 1.83 bits per heavy atom. The van der Waals surface area contributed by atoms with E-state index < -0.39 is 0 Å². The molecule has 4 nitrogen and oxygen atoms in total. The molecule has 0 radical (unpaired) electrons. The fourth-order valence-electron chi connectivity index (χ4n) is 2.25. The number of aryl methyl sites for hydroxylation is 1. The van der Waals surface area contributed by atoms with E-state index in [4.69, 9.17) is 15.2 Å². The van der Waals surface area contributed by atoms with Crippen LogP contribution in [0.2, 0.25) is 0 Å². The van der Waals surface area contributed by atoms with Gasteiger partial charge >= 0.3 is 0 Å². The van der Waals surface area contributed by atoms with Gasteiger partial charge in [0, 0.05) is 5.92 Å². The van der Waals surface area contributed by atoms with Crippen molar-refractivity contribution in [3.05, 3.63) is 59.7 Å². The number of primary amides is 1. The maximum Gasteiger partial charge on any atom is 0.220 e. The molecule has 0 bridgehead atoms. The third-order valence-electron chi connectivity index (χ3n) is 3.82. The summed E-state index contributed by atoms with van der Waals surface area (Å²) in [4.78, 5) is 11.1. The molecule has 0 aliphatic carbocycles. The summed E-state index contributed by atoms with van der Waals surface area (Å²) in [7, 11) is 1.63. The highest BCUT2D eigenvalue weighted by atomic mass is 16.5. The van der Waals surface area contributed by atoms with Crippen molar-refractivity contribution >= 4 is 5.91 Å². The molecule has 2 N–H and O–H groups in total. The lowest BCUT2D eigenvalue weighted by atomic mass is 10.0. The van der Waals surface area contributed by atoms with Crippen molar-refractivity contribution in [2.24, 2.45) is 11.7 Å². The molecular weight excluding hydrogens is 290 g/mol. The summed E-state index contributed by atoms with van der Waals surface area (Å²) in [5.74, 6) is 1.02. The van der Waals surface area contributed by atoms with Crippen LogP contribution in [-0.2, 0) is 17.8 Å². The zero-order valence-electron chi connectivity index (χ0n) is 13.6. The molecule has 122 valence electrons. The van der Waals surface area contributed by atoms with Crippen LogP contribution in [0.1, 0.15) is 24.5 Å². The highest BCUT2D eigenvalue weighted by molar-refractivity contribution is 5.76. The maximum absolute atomic E-state index is 11.1. The minimum atomic E-state index is -0.264. The van der Waals surface area contributed by atoms with Crippen LogP contribution in [0.3, 0.4) is 0 Å². The molecule has 0 aliphatic rings. The molecule has 2 aromatic carbocycles. The smallest absolute Gasteiger partial charge is 0.220 e. The molecule has 0 fully saturated rings. The van der Waals surface area contributed by atoms with E-state index in [-0.39, 0.29) is 11.8 Å². The van der Waals surface area contributed by atoms with Gasteiger partial charge in [-0.3, -0.25) is 4.79 Å². The first-order valence-corrected chi connectivity index (χ1v) is 7.73.